The molecule has 0 radical (unpaired) electrons. The van der Waals surface area contributed by atoms with E-state index >= 15 is 0 Å². The van der Waals surface area contributed by atoms with Crippen molar-refractivity contribution in [3.05, 3.63) is 47.8 Å². The average molecular weight is 331 g/mol. The highest BCUT2D eigenvalue weighted by Gasteiger charge is 2.15. The van der Waals surface area contributed by atoms with Gasteiger partial charge in [-0.25, -0.2) is 18.4 Å². The Labute approximate surface area is 132 Å². The Bertz CT molecular complexity index is 902. The molecule has 0 bridgehead atoms. The number of benzene rings is 1. The molecule has 0 unspecified atom stereocenters. The van der Waals surface area contributed by atoms with Gasteiger partial charge in [0.05, 0.1) is 10.6 Å². The average Bonchev–Trinajstić information content (AvgIpc) is 3.01. The molecule has 1 aromatic carbocycles. The summed E-state index contributed by atoms with van der Waals surface area (Å²) in [6, 6.07) is 12.3. The van der Waals surface area contributed by atoms with Crippen LogP contribution >= 0.6 is 11.3 Å². The number of nitrogens with two attached hydrogens (primary N) is 1. The standard InChI is InChI=1S/C15H13N3O2S2/c1-22(19,20)14-9-12(13-3-2-8-21-13)17-15(18-14)10-4-6-11(16)7-5-10/h2-9H,16H2,1H3. The van der Waals surface area contributed by atoms with Crippen LogP contribution in [0.5, 0.6) is 0 Å². The number of hydrogen-bond donors (Lipinski definition) is 1. The molecule has 0 spiro atoms. The Morgan fingerprint density at radius 2 is 1.82 bits per heavy atom. The lowest BCUT2D eigenvalue weighted by Crippen LogP contribution is -2.04. The van der Waals surface area contributed by atoms with Gasteiger partial charge in [-0.05, 0) is 35.7 Å². The zero-order chi connectivity index (χ0) is 15.7. The number of aromatic nitrogens is 2. The van der Waals surface area contributed by atoms with E-state index in [-0.39, 0.29) is 5.03 Å². The molecule has 0 aliphatic rings. The Morgan fingerprint density at radius 1 is 1.09 bits per heavy atom. The van der Waals surface area contributed by atoms with Crippen molar-refractivity contribution in [1.29, 1.82) is 0 Å². The van der Waals surface area contributed by atoms with E-state index in [1.807, 2.05) is 17.5 Å². The van der Waals surface area contributed by atoms with Crippen LogP contribution in [-0.4, -0.2) is 24.6 Å². The third kappa shape index (κ3) is 3.00. The first kappa shape index (κ1) is 14.7. The van der Waals surface area contributed by atoms with Crippen LogP contribution in [0.4, 0.5) is 5.69 Å². The highest BCUT2D eigenvalue weighted by molar-refractivity contribution is 7.90. The normalized spacial score (nSPS) is 11.5. The number of thiophene rings is 1. The van der Waals surface area contributed by atoms with Gasteiger partial charge < -0.3 is 5.73 Å². The molecule has 2 N–H and O–H groups in total. The number of rotatable bonds is 3. The summed E-state index contributed by atoms with van der Waals surface area (Å²) < 4.78 is 23.8. The highest BCUT2D eigenvalue weighted by Crippen LogP contribution is 2.27. The fourth-order valence-corrected chi connectivity index (χ4v) is 3.19. The molecule has 0 saturated carbocycles. The zero-order valence-corrected chi connectivity index (χ0v) is 13.4. The molecule has 0 saturated heterocycles. The maximum absolute atomic E-state index is 11.9. The fourth-order valence-electron chi connectivity index (χ4n) is 1.93. The summed E-state index contributed by atoms with van der Waals surface area (Å²) >= 11 is 1.50. The van der Waals surface area contributed by atoms with E-state index in [9.17, 15) is 8.42 Å². The van der Waals surface area contributed by atoms with Crippen LogP contribution in [0.15, 0.2) is 52.9 Å². The van der Waals surface area contributed by atoms with Crippen LogP contribution in [0.1, 0.15) is 0 Å². The number of sulfone groups is 1. The molecule has 2 aromatic heterocycles. The van der Waals surface area contributed by atoms with E-state index in [0.717, 1.165) is 16.7 Å². The molecular weight excluding hydrogens is 318 g/mol. The van der Waals surface area contributed by atoms with Crippen molar-refractivity contribution in [1.82, 2.24) is 9.97 Å². The lowest BCUT2D eigenvalue weighted by Gasteiger charge is -2.06. The third-order valence-corrected chi connectivity index (χ3v) is 4.89. The van der Waals surface area contributed by atoms with Gasteiger partial charge in [-0.1, -0.05) is 6.07 Å². The van der Waals surface area contributed by atoms with Gasteiger partial charge in [-0.15, -0.1) is 11.3 Å². The van der Waals surface area contributed by atoms with Crippen LogP contribution < -0.4 is 5.73 Å². The van der Waals surface area contributed by atoms with Crippen LogP contribution in [0.3, 0.4) is 0 Å². The molecule has 22 heavy (non-hydrogen) atoms. The minimum Gasteiger partial charge on any atom is -0.399 e. The summed E-state index contributed by atoms with van der Waals surface area (Å²) in [5, 5.41) is 1.93. The Hall–Kier alpha value is -2.25. The van der Waals surface area contributed by atoms with E-state index < -0.39 is 9.84 Å². The van der Waals surface area contributed by atoms with E-state index in [0.29, 0.717) is 17.2 Å². The minimum atomic E-state index is -3.43. The number of hydrogen-bond acceptors (Lipinski definition) is 6. The molecule has 0 aliphatic heterocycles. The summed E-state index contributed by atoms with van der Waals surface area (Å²) in [6.45, 7) is 0. The predicted octanol–water partition coefficient (Wildman–Crippen LogP) is 2.86. The number of anilines is 1. The summed E-state index contributed by atoms with van der Waals surface area (Å²) in [5.74, 6) is 0.367. The Balaban J connectivity index is 2.21. The van der Waals surface area contributed by atoms with Crippen molar-refractivity contribution in [2.75, 3.05) is 12.0 Å². The molecule has 3 aromatic rings. The molecule has 0 atom stereocenters. The van der Waals surface area contributed by atoms with E-state index in [1.165, 1.54) is 17.4 Å². The maximum atomic E-state index is 11.9. The summed E-state index contributed by atoms with van der Waals surface area (Å²) in [4.78, 5) is 9.56. The number of nitrogen functional groups attached to an aromatic ring is 1. The van der Waals surface area contributed by atoms with Gasteiger partial charge in [0.25, 0.3) is 0 Å². The summed E-state index contributed by atoms with van der Waals surface area (Å²) in [7, 11) is -3.43. The van der Waals surface area contributed by atoms with E-state index in [4.69, 9.17) is 5.73 Å². The summed E-state index contributed by atoms with van der Waals surface area (Å²) in [6.07, 6.45) is 1.14. The predicted molar refractivity (Wildman–Crippen MR) is 88.3 cm³/mol. The van der Waals surface area contributed by atoms with Gasteiger partial charge in [-0.2, -0.15) is 0 Å². The largest absolute Gasteiger partial charge is 0.399 e. The SMILES string of the molecule is CS(=O)(=O)c1cc(-c2cccs2)nc(-c2ccc(N)cc2)n1. The van der Waals surface area contributed by atoms with Gasteiger partial charge in [-0.3, -0.25) is 0 Å². The van der Waals surface area contributed by atoms with Gasteiger partial charge in [0.15, 0.2) is 20.7 Å². The van der Waals surface area contributed by atoms with Crippen molar-refractivity contribution < 1.29 is 8.42 Å². The molecule has 0 aliphatic carbocycles. The van der Waals surface area contributed by atoms with Crippen molar-refractivity contribution in [2.24, 2.45) is 0 Å². The van der Waals surface area contributed by atoms with Gasteiger partial charge in [0, 0.05) is 23.6 Å². The van der Waals surface area contributed by atoms with Gasteiger partial charge in [0.1, 0.15) is 0 Å². The second kappa shape index (κ2) is 5.51. The van der Waals surface area contributed by atoms with Crippen LogP contribution in [-0.2, 0) is 9.84 Å². The second-order valence-electron chi connectivity index (χ2n) is 4.79. The number of nitrogens with zero attached hydrogens (tertiary/aromatic N) is 2. The van der Waals surface area contributed by atoms with Crippen molar-refractivity contribution in [3.8, 4) is 22.0 Å². The fraction of sp³-hybridized carbons (Fsp3) is 0.0667. The zero-order valence-electron chi connectivity index (χ0n) is 11.7. The van der Waals surface area contributed by atoms with Crippen molar-refractivity contribution in [3.63, 3.8) is 0 Å². The lowest BCUT2D eigenvalue weighted by atomic mass is 10.2. The van der Waals surface area contributed by atoms with Gasteiger partial charge in [0.2, 0.25) is 0 Å². The van der Waals surface area contributed by atoms with Crippen LogP contribution in [0.2, 0.25) is 0 Å². The molecule has 0 amide bonds. The van der Waals surface area contributed by atoms with Crippen molar-refractivity contribution >= 4 is 26.9 Å². The smallest absolute Gasteiger partial charge is 0.192 e. The monoisotopic (exact) mass is 331 g/mol. The molecule has 2 heterocycles. The van der Waals surface area contributed by atoms with Crippen LogP contribution in [0, 0.1) is 0 Å². The lowest BCUT2D eigenvalue weighted by molar-refractivity contribution is 0.598. The Kier molecular flexibility index (Phi) is 3.67. The molecule has 5 nitrogen and oxygen atoms in total. The summed E-state index contributed by atoms with van der Waals surface area (Å²) in [5.41, 5.74) is 7.62. The molecular formula is C15H13N3O2S2. The second-order valence-corrected chi connectivity index (χ2v) is 7.70. The molecule has 3 rings (SSSR count). The maximum Gasteiger partial charge on any atom is 0.192 e. The van der Waals surface area contributed by atoms with Gasteiger partial charge >= 0.3 is 0 Å². The van der Waals surface area contributed by atoms with Crippen LogP contribution in [0.25, 0.3) is 22.0 Å². The minimum absolute atomic E-state index is 0.0118. The molecule has 112 valence electrons. The van der Waals surface area contributed by atoms with E-state index in [1.54, 1.807) is 24.3 Å². The molecule has 0 fully saturated rings. The first-order valence-electron chi connectivity index (χ1n) is 6.42. The molecule has 7 heteroatoms. The Morgan fingerprint density at radius 3 is 2.41 bits per heavy atom. The third-order valence-electron chi connectivity index (χ3n) is 3.03. The first-order valence-corrected chi connectivity index (χ1v) is 9.19. The quantitative estimate of drug-likeness (QED) is 0.589. The van der Waals surface area contributed by atoms with Crippen molar-refractivity contribution in [2.45, 2.75) is 5.03 Å². The van der Waals surface area contributed by atoms with E-state index in [2.05, 4.69) is 9.97 Å². The highest BCUT2D eigenvalue weighted by atomic mass is 32.2. The topological polar surface area (TPSA) is 85.9 Å². The first-order chi connectivity index (χ1) is 10.4.